The van der Waals surface area contributed by atoms with E-state index in [0.717, 1.165) is 5.56 Å². The largest absolute Gasteiger partial charge is 0.492 e. The lowest BCUT2D eigenvalue weighted by Gasteiger charge is -2.14. The molecule has 148 valence electrons. The molecular weight excluding hydrogens is 446 g/mol. The number of thiocarbonyl (C=S) groups is 1. The molecule has 0 bridgehead atoms. The smallest absolute Gasteiger partial charge is 0.292 e. The predicted molar refractivity (Wildman–Crippen MR) is 116 cm³/mol. The number of carbonyl (C=O) groups excluding carboxylic acids is 1. The highest BCUT2D eigenvalue weighted by Gasteiger charge is 2.18. The summed E-state index contributed by atoms with van der Waals surface area (Å²) >= 11 is 8.49. The molecule has 2 aromatic carbocycles. The first-order valence-corrected chi connectivity index (χ1v) is 9.67. The molecule has 0 spiro atoms. The molecule has 0 saturated carbocycles. The third-order valence-corrected chi connectivity index (χ3v) is 4.28. The van der Waals surface area contributed by atoms with Crippen LogP contribution in [-0.4, -0.2) is 22.5 Å². The molecule has 0 fully saturated rings. The van der Waals surface area contributed by atoms with Crippen LogP contribution in [0, 0.1) is 23.0 Å². The number of nitrogens with one attached hydrogen (secondary N) is 2. The molecule has 7 nitrogen and oxygen atoms in total. The lowest BCUT2D eigenvalue weighted by atomic mass is 10.2. The Bertz CT molecular complexity index is 918. The summed E-state index contributed by atoms with van der Waals surface area (Å²) < 4.78 is 6.41. The number of nitro benzene ring substituents is 1. The molecule has 0 saturated heterocycles. The van der Waals surface area contributed by atoms with E-state index >= 15 is 0 Å². The minimum absolute atomic E-state index is 0.0493. The van der Waals surface area contributed by atoms with Crippen LogP contribution in [0.1, 0.15) is 29.8 Å². The fourth-order valence-electron chi connectivity index (χ4n) is 2.28. The number of ether oxygens (including phenoxy) is 1. The van der Waals surface area contributed by atoms with E-state index < -0.39 is 10.8 Å². The van der Waals surface area contributed by atoms with E-state index in [1.165, 1.54) is 6.07 Å². The van der Waals surface area contributed by atoms with Gasteiger partial charge < -0.3 is 10.1 Å². The lowest BCUT2D eigenvalue weighted by Crippen LogP contribution is -2.34. The Hall–Kier alpha value is -2.52. The Morgan fingerprint density at radius 2 is 2.00 bits per heavy atom. The third kappa shape index (κ3) is 6.00. The van der Waals surface area contributed by atoms with Crippen molar-refractivity contribution in [3.05, 3.63) is 62.1 Å². The van der Waals surface area contributed by atoms with Gasteiger partial charge in [0.1, 0.15) is 11.4 Å². The van der Waals surface area contributed by atoms with Crippen LogP contribution in [0.5, 0.6) is 5.75 Å². The Kier molecular flexibility index (Phi) is 7.47. The highest BCUT2D eigenvalue weighted by molar-refractivity contribution is 9.10. The van der Waals surface area contributed by atoms with Crippen LogP contribution < -0.4 is 15.4 Å². The van der Waals surface area contributed by atoms with Gasteiger partial charge >= 0.3 is 0 Å². The van der Waals surface area contributed by atoms with Crippen molar-refractivity contribution in [3.63, 3.8) is 0 Å². The number of hydrogen-bond donors (Lipinski definition) is 2. The van der Waals surface area contributed by atoms with Gasteiger partial charge in [0.25, 0.3) is 11.6 Å². The van der Waals surface area contributed by atoms with Gasteiger partial charge in [-0.2, -0.15) is 0 Å². The van der Waals surface area contributed by atoms with Crippen molar-refractivity contribution >= 4 is 50.5 Å². The van der Waals surface area contributed by atoms with Crippen molar-refractivity contribution in [2.45, 2.75) is 20.8 Å². The van der Waals surface area contributed by atoms with Gasteiger partial charge in [0, 0.05) is 10.5 Å². The highest BCUT2D eigenvalue weighted by atomic mass is 79.9. The molecule has 2 aromatic rings. The number of anilines is 1. The number of amides is 1. The fraction of sp³-hybridized carbons (Fsp3) is 0.263. The Labute approximate surface area is 176 Å². The van der Waals surface area contributed by atoms with E-state index in [-0.39, 0.29) is 16.5 Å². The maximum Gasteiger partial charge on any atom is 0.292 e. The van der Waals surface area contributed by atoms with E-state index in [4.69, 9.17) is 17.0 Å². The molecule has 9 heteroatoms. The molecular formula is C19H20BrN3O4S. The van der Waals surface area contributed by atoms with Gasteiger partial charge in [0.05, 0.1) is 17.1 Å². The summed E-state index contributed by atoms with van der Waals surface area (Å²) in [5, 5.41) is 16.4. The Morgan fingerprint density at radius 1 is 1.29 bits per heavy atom. The number of nitrogens with zero attached hydrogens (tertiary/aromatic N) is 1. The average molecular weight is 466 g/mol. The van der Waals surface area contributed by atoms with Crippen LogP contribution >= 0.6 is 28.1 Å². The summed E-state index contributed by atoms with van der Waals surface area (Å²) in [5.41, 5.74) is 1.12. The number of nitro groups is 1. The molecule has 0 aliphatic heterocycles. The molecule has 1 amide bonds. The molecule has 0 atom stereocenters. The van der Waals surface area contributed by atoms with E-state index in [1.807, 2.05) is 13.8 Å². The number of hydrogen-bond acceptors (Lipinski definition) is 5. The standard InChI is InChI=1S/C19H20BrN3O4S/c1-11(2)10-27-17-7-5-13(20)9-14(17)18(24)22-19(28)21-15-6-4-12(3)8-16(15)23(25)26/h4-9,11H,10H2,1-3H3,(H2,21,22,24,28). The first-order chi connectivity index (χ1) is 13.2. The summed E-state index contributed by atoms with van der Waals surface area (Å²) in [5.74, 6) is 0.246. The first-order valence-electron chi connectivity index (χ1n) is 8.47. The zero-order chi connectivity index (χ0) is 20.8. The average Bonchev–Trinajstić information content (AvgIpc) is 2.61. The van der Waals surface area contributed by atoms with Crippen molar-refractivity contribution in [3.8, 4) is 5.75 Å². The van der Waals surface area contributed by atoms with Crippen molar-refractivity contribution < 1.29 is 14.5 Å². The van der Waals surface area contributed by atoms with Crippen LogP contribution in [0.25, 0.3) is 0 Å². The van der Waals surface area contributed by atoms with E-state index in [2.05, 4.69) is 26.6 Å². The van der Waals surface area contributed by atoms with Gasteiger partial charge in [0.2, 0.25) is 0 Å². The van der Waals surface area contributed by atoms with Crippen LogP contribution in [0.15, 0.2) is 40.9 Å². The number of benzene rings is 2. The van der Waals surface area contributed by atoms with Crippen molar-refractivity contribution in [1.29, 1.82) is 0 Å². The zero-order valence-electron chi connectivity index (χ0n) is 15.6. The van der Waals surface area contributed by atoms with Crippen molar-refractivity contribution in [2.24, 2.45) is 5.92 Å². The van der Waals surface area contributed by atoms with Gasteiger partial charge in [-0.3, -0.25) is 20.2 Å². The quantitative estimate of drug-likeness (QED) is 0.360. The maximum atomic E-state index is 12.7. The SMILES string of the molecule is Cc1ccc(NC(=S)NC(=O)c2cc(Br)ccc2OCC(C)C)c([N+](=O)[O-])c1. The van der Waals surface area contributed by atoms with Gasteiger partial charge in [0.15, 0.2) is 5.11 Å². The zero-order valence-corrected chi connectivity index (χ0v) is 18.0. The lowest BCUT2D eigenvalue weighted by molar-refractivity contribution is -0.383. The van der Waals surface area contributed by atoms with E-state index in [9.17, 15) is 14.9 Å². The second-order valence-corrected chi connectivity index (χ2v) is 7.86. The minimum Gasteiger partial charge on any atom is -0.492 e. The maximum absolute atomic E-state index is 12.7. The minimum atomic E-state index is -0.508. The number of aryl methyl sites for hydroxylation is 1. The van der Waals surface area contributed by atoms with Crippen molar-refractivity contribution in [1.82, 2.24) is 5.32 Å². The van der Waals surface area contributed by atoms with E-state index in [0.29, 0.717) is 28.3 Å². The Balaban J connectivity index is 2.16. The van der Waals surface area contributed by atoms with Crippen molar-refractivity contribution in [2.75, 3.05) is 11.9 Å². The summed E-state index contributed by atoms with van der Waals surface area (Å²) in [6, 6.07) is 9.79. The van der Waals surface area contributed by atoms with Gasteiger partial charge in [-0.25, -0.2) is 0 Å². The number of rotatable bonds is 6. The fourth-order valence-corrected chi connectivity index (χ4v) is 2.85. The second kappa shape index (κ2) is 9.61. The monoisotopic (exact) mass is 465 g/mol. The topological polar surface area (TPSA) is 93.5 Å². The van der Waals surface area contributed by atoms with Gasteiger partial charge in [-0.15, -0.1) is 0 Å². The summed E-state index contributed by atoms with van der Waals surface area (Å²) in [6.07, 6.45) is 0. The molecule has 2 rings (SSSR count). The van der Waals surface area contributed by atoms with Crippen LogP contribution in [0.3, 0.4) is 0 Å². The molecule has 0 heterocycles. The summed E-state index contributed by atoms with van der Waals surface area (Å²) in [7, 11) is 0. The normalized spacial score (nSPS) is 10.5. The number of carbonyl (C=O) groups is 1. The molecule has 0 unspecified atom stereocenters. The van der Waals surface area contributed by atoms with Crippen LogP contribution in [0.4, 0.5) is 11.4 Å². The second-order valence-electron chi connectivity index (χ2n) is 6.53. The van der Waals surface area contributed by atoms with Gasteiger partial charge in [-0.1, -0.05) is 35.8 Å². The summed E-state index contributed by atoms with van der Waals surface area (Å²) in [6.45, 7) is 6.22. The molecule has 28 heavy (non-hydrogen) atoms. The number of halogens is 1. The molecule has 2 N–H and O–H groups in total. The molecule has 0 aliphatic rings. The van der Waals surface area contributed by atoms with Crippen LogP contribution in [0.2, 0.25) is 0 Å². The van der Waals surface area contributed by atoms with E-state index in [1.54, 1.807) is 37.3 Å². The predicted octanol–water partition coefficient (Wildman–Crippen LogP) is 4.83. The molecule has 0 aromatic heterocycles. The highest BCUT2D eigenvalue weighted by Crippen LogP contribution is 2.26. The van der Waals surface area contributed by atoms with Crippen LogP contribution in [-0.2, 0) is 0 Å². The first kappa shape index (κ1) is 21.8. The molecule has 0 radical (unpaired) electrons. The third-order valence-electron chi connectivity index (χ3n) is 3.58. The molecule has 0 aliphatic carbocycles. The van der Waals surface area contributed by atoms with Gasteiger partial charge in [-0.05, 0) is 54.9 Å². The Morgan fingerprint density at radius 3 is 2.64 bits per heavy atom. The summed E-state index contributed by atoms with van der Waals surface area (Å²) in [4.78, 5) is 23.4.